The molecule has 4 nitrogen and oxygen atoms in total. The lowest BCUT2D eigenvalue weighted by molar-refractivity contribution is 0.382. The minimum atomic E-state index is -0.293. The summed E-state index contributed by atoms with van der Waals surface area (Å²) in [6.45, 7) is 2.11. The molecule has 0 atom stereocenters. The van der Waals surface area contributed by atoms with Gasteiger partial charge in [-0.2, -0.15) is 10.2 Å². The van der Waals surface area contributed by atoms with Crippen LogP contribution in [0.4, 0.5) is 10.1 Å². The van der Waals surface area contributed by atoms with E-state index in [-0.39, 0.29) is 6.67 Å². The minimum Gasteiger partial charge on any atom is -0.370 e. The molecule has 0 amide bonds. The molecule has 1 aromatic heterocycles. The number of nitrogens with one attached hydrogen (secondary N) is 1. The number of fused-ring (bicyclic) bond motifs is 1. The van der Waals surface area contributed by atoms with Gasteiger partial charge in [0.1, 0.15) is 6.67 Å². The number of hydrogen-bond acceptors (Lipinski definition) is 4. The molecule has 1 fully saturated rings. The van der Waals surface area contributed by atoms with Crippen LogP contribution in [-0.4, -0.2) is 42.5 Å². The summed E-state index contributed by atoms with van der Waals surface area (Å²) < 4.78 is 12.2. The van der Waals surface area contributed by atoms with Crippen molar-refractivity contribution >= 4 is 16.6 Å². The molecular weight excluding hydrogens is 255 g/mol. The van der Waals surface area contributed by atoms with Gasteiger partial charge in [0, 0.05) is 31.1 Å². The van der Waals surface area contributed by atoms with Gasteiger partial charge >= 0.3 is 0 Å². The van der Waals surface area contributed by atoms with Crippen molar-refractivity contribution in [2.75, 3.05) is 31.2 Å². The topological polar surface area (TPSA) is 41.0 Å². The number of anilines is 1. The summed E-state index contributed by atoms with van der Waals surface area (Å²) in [5, 5.41) is 12.7. The molecule has 2 aromatic rings. The lowest BCUT2D eigenvalue weighted by Crippen LogP contribution is -2.43. The highest BCUT2D eigenvalue weighted by Gasteiger charge is 2.20. The molecule has 0 bridgehead atoms. The van der Waals surface area contributed by atoms with Crippen LogP contribution in [0, 0.1) is 0 Å². The van der Waals surface area contributed by atoms with E-state index in [0.29, 0.717) is 12.6 Å². The number of alkyl halides is 1. The molecule has 1 aliphatic rings. The minimum absolute atomic E-state index is 0.293. The molecule has 20 heavy (non-hydrogen) atoms. The van der Waals surface area contributed by atoms with E-state index in [1.54, 1.807) is 0 Å². The van der Waals surface area contributed by atoms with Gasteiger partial charge in [-0.05, 0) is 18.9 Å². The lowest BCUT2D eigenvalue weighted by atomic mass is 10.0. The zero-order chi connectivity index (χ0) is 13.8. The van der Waals surface area contributed by atoms with E-state index in [4.69, 9.17) is 0 Å². The lowest BCUT2D eigenvalue weighted by Gasteiger charge is -2.34. The summed E-state index contributed by atoms with van der Waals surface area (Å²) in [5.41, 5.74) is 2.09. The largest absolute Gasteiger partial charge is 0.370 e. The zero-order valence-electron chi connectivity index (χ0n) is 11.4. The SMILES string of the molecule is FCCNC1CCN(c2cnnc3ccccc23)CC1. The van der Waals surface area contributed by atoms with Crippen LogP contribution in [0.1, 0.15) is 12.8 Å². The molecule has 106 valence electrons. The average Bonchev–Trinajstić information content (AvgIpc) is 2.53. The Morgan fingerprint density at radius 3 is 2.85 bits per heavy atom. The van der Waals surface area contributed by atoms with E-state index in [1.807, 2.05) is 24.4 Å². The number of aromatic nitrogens is 2. The number of hydrogen-bond donors (Lipinski definition) is 1. The Bertz CT molecular complexity index is 561. The Morgan fingerprint density at radius 2 is 2.05 bits per heavy atom. The first-order valence-corrected chi connectivity index (χ1v) is 7.13. The van der Waals surface area contributed by atoms with E-state index < -0.39 is 0 Å². The van der Waals surface area contributed by atoms with Crippen molar-refractivity contribution in [1.29, 1.82) is 0 Å². The van der Waals surface area contributed by atoms with Crippen LogP contribution in [0.3, 0.4) is 0 Å². The molecular formula is C15H19FN4. The summed E-state index contributed by atoms with van der Waals surface area (Å²) in [6.07, 6.45) is 3.92. The summed E-state index contributed by atoms with van der Waals surface area (Å²) in [7, 11) is 0. The van der Waals surface area contributed by atoms with Gasteiger partial charge in [-0.3, -0.25) is 0 Å². The summed E-state index contributed by atoms with van der Waals surface area (Å²) >= 11 is 0. The second-order valence-corrected chi connectivity index (χ2v) is 5.15. The highest BCUT2D eigenvalue weighted by molar-refractivity contribution is 5.90. The Balaban J connectivity index is 1.74. The first kappa shape index (κ1) is 13.2. The quantitative estimate of drug-likeness (QED) is 0.927. The van der Waals surface area contributed by atoms with Crippen LogP contribution < -0.4 is 10.2 Å². The van der Waals surface area contributed by atoms with E-state index in [2.05, 4.69) is 26.5 Å². The van der Waals surface area contributed by atoms with E-state index in [9.17, 15) is 4.39 Å². The third-order valence-electron chi connectivity index (χ3n) is 3.89. The second-order valence-electron chi connectivity index (χ2n) is 5.15. The van der Waals surface area contributed by atoms with Crippen LogP contribution in [0.15, 0.2) is 30.5 Å². The van der Waals surface area contributed by atoms with Crippen LogP contribution >= 0.6 is 0 Å². The molecule has 1 saturated heterocycles. The molecule has 2 heterocycles. The number of benzene rings is 1. The molecule has 0 saturated carbocycles. The van der Waals surface area contributed by atoms with Gasteiger partial charge in [-0.25, -0.2) is 4.39 Å². The van der Waals surface area contributed by atoms with Gasteiger partial charge < -0.3 is 10.2 Å². The molecule has 3 rings (SSSR count). The predicted molar refractivity (Wildman–Crippen MR) is 78.8 cm³/mol. The Hall–Kier alpha value is -1.75. The molecule has 0 radical (unpaired) electrons. The third-order valence-corrected chi connectivity index (χ3v) is 3.89. The van der Waals surface area contributed by atoms with Gasteiger partial charge in [-0.1, -0.05) is 18.2 Å². The molecule has 0 aliphatic carbocycles. The second kappa shape index (κ2) is 6.13. The van der Waals surface area contributed by atoms with Gasteiger partial charge in [0.2, 0.25) is 0 Å². The van der Waals surface area contributed by atoms with Crippen LogP contribution in [0.2, 0.25) is 0 Å². The number of piperidine rings is 1. The highest BCUT2D eigenvalue weighted by Crippen LogP contribution is 2.26. The summed E-state index contributed by atoms with van der Waals surface area (Å²) in [6, 6.07) is 8.52. The molecule has 1 aromatic carbocycles. The first-order valence-electron chi connectivity index (χ1n) is 7.13. The van der Waals surface area contributed by atoms with E-state index in [1.165, 1.54) is 0 Å². The van der Waals surface area contributed by atoms with Crippen molar-refractivity contribution < 1.29 is 4.39 Å². The van der Waals surface area contributed by atoms with Crippen molar-refractivity contribution in [2.45, 2.75) is 18.9 Å². The van der Waals surface area contributed by atoms with Crippen molar-refractivity contribution in [3.63, 3.8) is 0 Å². The number of rotatable bonds is 4. The van der Waals surface area contributed by atoms with Crippen molar-refractivity contribution in [3.8, 4) is 0 Å². The number of nitrogens with zero attached hydrogens (tertiary/aromatic N) is 3. The molecule has 1 aliphatic heterocycles. The van der Waals surface area contributed by atoms with Crippen molar-refractivity contribution in [2.24, 2.45) is 0 Å². The van der Waals surface area contributed by atoms with Gasteiger partial charge in [-0.15, -0.1) is 0 Å². The first-order chi connectivity index (χ1) is 9.88. The van der Waals surface area contributed by atoms with Crippen molar-refractivity contribution in [3.05, 3.63) is 30.5 Å². The number of halogens is 1. The Kier molecular flexibility index (Phi) is 4.06. The standard InChI is InChI=1S/C15H19FN4/c16-7-8-17-12-5-9-20(10-6-12)15-11-18-19-14-4-2-1-3-13(14)15/h1-4,11-12,17H,5-10H2. The van der Waals surface area contributed by atoms with Gasteiger partial charge in [0.25, 0.3) is 0 Å². The summed E-state index contributed by atoms with van der Waals surface area (Å²) in [4.78, 5) is 2.35. The normalized spacial score (nSPS) is 16.8. The van der Waals surface area contributed by atoms with Crippen LogP contribution in [0.5, 0.6) is 0 Å². The predicted octanol–water partition coefficient (Wildman–Crippen LogP) is 2.16. The molecule has 0 spiro atoms. The fourth-order valence-corrected chi connectivity index (χ4v) is 2.83. The zero-order valence-corrected chi connectivity index (χ0v) is 11.4. The maximum atomic E-state index is 12.2. The van der Waals surface area contributed by atoms with Gasteiger partial charge in [0.05, 0.1) is 17.4 Å². The van der Waals surface area contributed by atoms with Crippen molar-refractivity contribution in [1.82, 2.24) is 15.5 Å². The monoisotopic (exact) mass is 274 g/mol. The molecule has 5 heteroatoms. The molecule has 0 unspecified atom stereocenters. The Morgan fingerprint density at radius 1 is 1.25 bits per heavy atom. The fraction of sp³-hybridized carbons (Fsp3) is 0.467. The Labute approximate surface area is 118 Å². The third kappa shape index (κ3) is 2.72. The average molecular weight is 274 g/mol. The highest BCUT2D eigenvalue weighted by atomic mass is 19.1. The fourth-order valence-electron chi connectivity index (χ4n) is 2.83. The van der Waals surface area contributed by atoms with Gasteiger partial charge in [0.15, 0.2) is 0 Å². The molecule has 1 N–H and O–H groups in total. The van der Waals surface area contributed by atoms with Crippen LogP contribution in [0.25, 0.3) is 10.9 Å². The van der Waals surface area contributed by atoms with E-state index >= 15 is 0 Å². The van der Waals surface area contributed by atoms with E-state index in [0.717, 1.165) is 42.5 Å². The maximum Gasteiger partial charge on any atom is 0.102 e. The maximum absolute atomic E-state index is 12.2. The smallest absolute Gasteiger partial charge is 0.102 e. The van der Waals surface area contributed by atoms with Crippen LogP contribution in [-0.2, 0) is 0 Å². The summed E-state index contributed by atoms with van der Waals surface area (Å²) in [5.74, 6) is 0.